The van der Waals surface area contributed by atoms with Crippen LogP contribution in [0.2, 0.25) is 5.02 Å². The molecule has 1 aromatic heterocycles. The molecule has 0 atom stereocenters. The summed E-state index contributed by atoms with van der Waals surface area (Å²) in [5, 5.41) is 12.9. The first-order chi connectivity index (χ1) is 12.6. The van der Waals surface area contributed by atoms with Crippen LogP contribution in [0, 0.1) is 0 Å². The van der Waals surface area contributed by atoms with Gasteiger partial charge in [-0.05, 0) is 35.9 Å². The molecule has 0 spiro atoms. The van der Waals surface area contributed by atoms with Gasteiger partial charge in [0.05, 0.1) is 5.69 Å². The smallest absolute Gasteiger partial charge is 0.269 e. The van der Waals surface area contributed by atoms with E-state index in [4.69, 9.17) is 11.6 Å². The normalized spacial score (nSPS) is 10.4. The minimum absolute atomic E-state index is 0.147. The van der Waals surface area contributed by atoms with Gasteiger partial charge in [-0.25, -0.2) is 0 Å². The summed E-state index contributed by atoms with van der Waals surface area (Å²) >= 11 is 5.98. The van der Waals surface area contributed by atoms with E-state index < -0.39 is 0 Å². The fraction of sp³-hybridized carbons (Fsp3) is 0.105. The second-order valence-corrected chi connectivity index (χ2v) is 6.07. The lowest BCUT2D eigenvalue weighted by Gasteiger charge is -2.05. The van der Waals surface area contributed by atoms with Crippen molar-refractivity contribution in [1.82, 2.24) is 20.8 Å². The van der Waals surface area contributed by atoms with Gasteiger partial charge in [0.1, 0.15) is 5.69 Å². The van der Waals surface area contributed by atoms with E-state index in [2.05, 4.69) is 20.8 Å². The third-order valence-corrected chi connectivity index (χ3v) is 4.07. The van der Waals surface area contributed by atoms with Crippen molar-refractivity contribution < 1.29 is 9.59 Å². The van der Waals surface area contributed by atoms with Crippen LogP contribution >= 0.6 is 11.6 Å². The summed E-state index contributed by atoms with van der Waals surface area (Å²) in [6.07, 6.45) is 0. The Balaban J connectivity index is 1.63. The second kappa shape index (κ2) is 7.84. The van der Waals surface area contributed by atoms with Crippen LogP contribution in [-0.2, 0) is 6.54 Å². The van der Waals surface area contributed by atoms with E-state index in [1.54, 1.807) is 49.5 Å². The summed E-state index contributed by atoms with van der Waals surface area (Å²) in [4.78, 5) is 23.8. The van der Waals surface area contributed by atoms with E-state index in [9.17, 15) is 9.59 Å². The molecule has 2 aromatic carbocycles. The van der Waals surface area contributed by atoms with E-state index in [0.29, 0.717) is 28.5 Å². The van der Waals surface area contributed by atoms with Crippen LogP contribution in [-0.4, -0.2) is 29.1 Å². The van der Waals surface area contributed by atoms with Crippen molar-refractivity contribution in [3.05, 3.63) is 76.4 Å². The number of aromatic nitrogens is 2. The van der Waals surface area contributed by atoms with Crippen LogP contribution in [0.3, 0.4) is 0 Å². The summed E-state index contributed by atoms with van der Waals surface area (Å²) in [7, 11) is 1.58. The molecular formula is C19H17ClN4O2. The van der Waals surface area contributed by atoms with Gasteiger partial charge in [0.25, 0.3) is 11.8 Å². The molecule has 132 valence electrons. The molecule has 0 aliphatic rings. The van der Waals surface area contributed by atoms with Crippen LogP contribution in [0.5, 0.6) is 0 Å². The van der Waals surface area contributed by atoms with E-state index in [-0.39, 0.29) is 11.8 Å². The predicted octanol–water partition coefficient (Wildman–Crippen LogP) is 3.02. The van der Waals surface area contributed by atoms with Gasteiger partial charge in [0.2, 0.25) is 0 Å². The second-order valence-electron chi connectivity index (χ2n) is 5.64. The molecule has 3 N–H and O–H groups in total. The SMILES string of the molecule is CNC(=O)c1ccc(CNC(=O)c2cc(-c3cccc(Cl)c3)n[nH]2)cc1. The average Bonchev–Trinajstić information content (AvgIpc) is 3.16. The molecule has 3 aromatic rings. The number of aromatic amines is 1. The number of benzene rings is 2. The lowest BCUT2D eigenvalue weighted by molar-refractivity contribution is 0.0942. The summed E-state index contributed by atoms with van der Waals surface area (Å²) in [5.41, 5.74) is 3.30. The molecule has 0 bridgehead atoms. The lowest BCUT2D eigenvalue weighted by Crippen LogP contribution is -2.23. The number of amides is 2. The minimum atomic E-state index is -0.263. The number of carbonyl (C=O) groups is 2. The summed E-state index contributed by atoms with van der Waals surface area (Å²) in [6, 6.07) is 16.0. The number of rotatable bonds is 5. The highest BCUT2D eigenvalue weighted by Gasteiger charge is 2.11. The minimum Gasteiger partial charge on any atom is -0.355 e. The van der Waals surface area contributed by atoms with Gasteiger partial charge < -0.3 is 10.6 Å². The zero-order valence-corrected chi connectivity index (χ0v) is 14.8. The van der Waals surface area contributed by atoms with Gasteiger partial charge in [0.15, 0.2) is 0 Å². The van der Waals surface area contributed by atoms with Crippen LogP contribution in [0.1, 0.15) is 26.4 Å². The molecule has 0 saturated carbocycles. The summed E-state index contributed by atoms with van der Waals surface area (Å²) < 4.78 is 0. The van der Waals surface area contributed by atoms with Gasteiger partial charge >= 0.3 is 0 Å². The highest BCUT2D eigenvalue weighted by molar-refractivity contribution is 6.30. The fourth-order valence-electron chi connectivity index (χ4n) is 2.43. The molecule has 2 amide bonds. The highest BCUT2D eigenvalue weighted by Crippen LogP contribution is 2.21. The Morgan fingerprint density at radius 1 is 1.08 bits per heavy atom. The Kier molecular flexibility index (Phi) is 5.34. The largest absolute Gasteiger partial charge is 0.355 e. The predicted molar refractivity (Wildman–Crippen MR) is 100 cm³/mol. The molecule has 0 aliphatic carbocycles. The standard InChI is InChI=1S/C19H17ClN4O2/c1-21-18(25)13-7-5-12(6-8-13)11-22-19(26)17-10-16(23-24-17)14-3-2-4-15(20)9-14/h2-10H,11H2,1H3,(H,21,25)(H,22,26)(H,23,24). The molecule has 0 saturated heterocycles. The molecule has 0 fully saturated rings. The van der Waals surface area contributed by atoms with Gasteiger partial charge in [-0.1, -0.05) is 35.9 Å². The molecule has 0 aliphatic heterocycles. The fourth-order valence-corrected chi connectivity index (χ4v) is 2.62. The maximum Gasteiger partial charge on any atom is 0.269 e. The number of H-pyrrole nitrogens is 1. The maximum atomic E-state index is 12.3. The highest BCUT2D eigenvalue weighted by atomic mass is 35.5. The zero-order valence-electron chi connectivity index (χ0n) is 14.0. The van der Waals surface area contributed by atoms with Gasteiger partial charge in [-0.2, -0.15) is 5.10 Å². The van der Waals surface area contributed by atoms with Gasteiger partial charge in [-0.15, -0.1) is 0 Å². The molecule has 6 nitrogen and oxygen atoms in total. The molecule has 0 unspecified atom stereocenters. The Labute approximate surface area is 155 Å². The number of hydrogen-bond acceptors (Lipinski definition) is 3. The monoisotopic (exact) mass is 368 g/mol. The van der Waals surface area contributed by atoms with Crippen molar-refractivity contribution >= 4 is 23.4 Å². The van der Waals surface area contributed by atoms with Crippen molar-refractivity contribution in [2.75, 3.05) is 7.05 Å². The number of nitrogens with zero attached hydrogens (tertiary/aromatic N) is 1. The van der Waals surface area contributed by atoms with Crippen LogP contribution in [0.25, 0.3) is 11.3 Å². The van der Waals surface area contributed by atoms with Gasteiger partial charge in [0, 0.05) is 29.7 Å². The van der Waals surface area contributed by atoms with Crippen molar-refractivity contribution in [2.24, 2.45) is 0 Å². The average molecular weight is 369 g/mol. The maximum absolute atomic E-state index is 12.3. The first-order valence-corrected chi connectivity index (χ1v) is 8.35. The van der Waals surface area contributed by atoms with Crippen LogP contribution in [0.15, 0.2) is 54.6 Å². The Bertz CT molecular complexity index is 935. The quantitative estimate of drug-likeness (QED) is 0.647. The molecule has 26 heavy (non-hydrogen) atoms. The van der Waals surface area contributed by atoms with Crippen LogP contribution < -0.4 is 10.6 Å². The van der Waals surface area contributed by atoms with Crippen molar-refractivity contribution in [2.45, 2.75) is 6.54 Å². The number of nitrogens with one attached hydrogen (secondary N) is 3. The van der Waals surface area contributed by atoms with Crippen LogP contribution in [0.4, 0.5) is 0 Å². The number of halogens is 1. The molecular weight excluding hydrogens is 352 g/mol. The third-order valence-electron chi connectivity index (χ3n) is 3.84. The Morgan fingerprint density at radius 3 is 2.54 bits per heavy atom. The number of carbonyl (C=O) groups excluding carboxylic acids is 2. The zero-order chi connectivity index (χ0) is 18.5. The molecule has 0 radical (unpaired) electrons. The van der Waals surface area contributed by atoms with Crippen molar-refractivity contribution in [3.63, 3.8) is 0 Å². The lowest BCUT2D eigenvalue weighted by atomic mass is 10.1. The van der Waals surface area contributed by atoms with Crippen molar-refractivity contribution in [3.8, 4) is 11.3 Å². The summed E-state index contributed by atoms with van der Waals surface area (Å²) in [6.45, 7) is 0.346. The summed E-state index contributed by atoms with van der Waals surface area (Å²) in [5.74, 6) is -0.409. The first-order valence-electron chi connectivity index (χ1n) is 7.97. The molecule has 3 rings (SSSR count). The van der Waals surface area contributed by atoms with E-state index >= 15 is 0 Å². The van der Waals surface area contributed by atoms with Crippen molar-refractivity contribution in [1.29, 1.82) is 0 Å². The van der Waals surface area contributed by atoms with E-state index in [1.807, 2.05) is 12.1 Å². The van der Waals surface area contributed by atoms with E-state index in [0.717, 1.165) is 11.1 Å². The Hall–Kier alpha value is -3.12. The van der Waals surface area contributed by atoms with E-state index in [1.165, 1.54) is 0 Å². The molecule has 7 heteroatoms. The topological polar surface area (TPSA) is 86.9 Å². The molecule has 1 heterocycles. The van der Waals surface area contributed by atoms with Gasteiger partial charge in [-0.3, -0.25) is 14.7 Å². The Morgan fingerprint density at radius 2 is 1.85 bits per heavy atom. The first kappa shape index (κ1) is 17.7. The third kappa shape index (κ3) is 4.10. The number of hydrogen-bond donors (Lipinski definition) is 3.